The maximum atomic E-state index is 5.42. The lowest BCUT2D eigenvalue weighted by atomic mass is 9.92. The highest BCUT2D eigenvalue weighted by Crippen LogP contribution is 2.19. The first-order chi connectivity index (χ1) is 9.31. The summed E-state index contributed by atoms with van der Waals surface area (Å²) >= 11 is 0. The molecule has 0 bridgehead atoms. The second-order valence-electron chi connectivity index (χ2n) is 5.32. The van der Waals surface area contributed by atoms with Crippen LogP contribution >= 0.6 is 0 Å². The number of methoxy groups -OCH3 is 1. The minimum atomic E-state index is 0.541. The quantitative estimate of drug-likeness (QED) is 0.856. The molecule has 0 aliphatic carbocycles. The molecule has 0 amide bonds. The van der Waals surface area contributed by atoms with E-state index in [-0.39, 0.29) is 0 Å². The zero-order valence-corrected chi connectivity index (χ0v) is 12.0. The van der Waals surface area contributed by atoms with Crippen molar-refractivity contribution in [3.8, 4) is 0 Å². The van der Waals surface area contributed by atoms with Crippen molar-refractivity contribution >= 4 is 0 Å². The van der Waals surface area contributed by atoms with E-state index >= 15 is 0 Å². The number of hydrogen-bond donors (Lipinski definition) is 1. The highest BCUT2D eigenvalue weighted by atomic mass is 16.5. The molecule has 1 atom stereocenters. The molecular weight excluding hydrogens is 238 g/mol. The summed E-state index contributed by atoms with van der Waals surface area (Å²) in [7, 11) is 1.74. The summed E-state index contributed by atoms with van der Waals surface area (Å²) in [6.45, 7) is 5.71. The second kappa shape index (κ2) is 7.63. The van der Waals surface area contributed by atoms with E-state index in [2.05, 4.69) is 36.5 Å². The molecule has 1 aliphatic rings. The van der Waals surface area contributed by atoms with Crippen molar-refractivity contribution in [2.75, 3.05) is 20.3 Å². The lowest BCUT2D eigenvalue weighted by Crippen LogP contribution is -2.36. The van der Waals surface area contributed by atoms with Gasteiger partial charge in [0.05, 0.1) is 6.61 Å². The Hall–Kier alpha value is -0.900. The third-order valence-electron chi connectivity index (χ3n) is 4.01. The molecule has 106 valence electrons. The van der Waals surface area contributed by atoms with Gasteiger partial charge in [-0.1, -0.05) is 24.3 Å². The van der Waals surface area contributed by atoms with E-state index < -0.39 is 0 Å². The molecule has 2 rings (SSSR count). The Kier molecular flexibility index (Phi) is 5.83. The highest BCUT2D eigenvalue weighted by molar-refractivity contribution is 5.26. The number of benzene rings is 1. The molecule has 1 N–H and O–H groups in total. The van der Waals surface area contributed by atoms with E-state index in [0.717, 1.165) is 25.7 Å². The minimum absolute atomic E-state index is 0.541. The molecular formula is C16H25NO2. The zero-order valence-electron chi connectivity index (χ0n) is 12.0. The summed E-state index contributed by atoms with van der Waals surface area (Å²) in [5.74, 6) is 0.739. The average Bonchev–Trinajstić information content (AvgIpc) is 2.47. The van der Waals surface area contributed by atoms with Gasteiger partial charge in [0.1, 0.15) is 0 Å². The fraction of sp³-hybridized carbons (Fsp3) is 0.625. The molecule has 0 aromatic heterocycles. The summed E-state index contributed by atoms with van der Waals surface area (Å²) in [5.41, 5.74) is 2.61. The molecule has 0 saturated carbocycles. The summed E-state index contributed by atoms with van der Waals surface area (Å²) in [6.07, 6.45) is 2.35. The second-order valence-corrected chi connectivity index (χ2v) is 5.32. The largest absolute Gasteiger partial charge is 0.381 e. The van der Waals surface area contributed by atoms with Gasteiger partial charge in [-0.3, -0.25) is 0 Å². The van der Waals surface area contributed by atoms with Crippen molar-refractivity contribution in [3.63, 3.8) is 0 Å². The average molecular weight is 263 g/mol. The fourth-order valence-corrected chi connectivity index (χ4v) is 2.68. The maximum absolute atomic E-state index is 5.42. The van der Waals surface area contributed by atoms with Crippen LogP contribution < -0.4 is 5.32 Å². The predicted octanol–water partition coefficient (Wildman–Crippen LogP) is 2.74. The first-order valence-corrected chi connectivity index (χ1v) is 7.18. The van der Waals surface area contributed by atoms with Gasteiger partial charge in [0, 0.05) is 32.9 Å². The number of nitrogens with one attached hydrogen (secondary N) is 1. The van der Waals surface area contributed by atoms with Crippen molar-refractivity contribution < 1.29 is 9.47 Å². The van der Waals surface area contributed by atoms with Gasteiger partial charge in [0.15, 0.2) is 0 Å². The van der Waals surface area contributed by atoms with Crippen LogP contribution in [0.5, 0.6) is 0 Å². The van der Waals surface area contributed by atoms with E-state index in [1.165, 1.54) is 24.0 Å². The molecule has 1 saturated heterocycles. The first kappa shape index (κ1) is 14.5. The van der Waals surface area contributed by atoms with Gasteiger partial charge in [-0.25, -0.2) is 0 Å². The van der Waals surface area contributed by atoms with Gasteiger partial charge in [-0.05, 0) is 36.8 Å². The van der Waals surface area contributed by atoms with E-state index in [4.69, 9.17) is 9.47 Å². The van der Waals surface area contributed by atoms with Crippen LogP contribution in [0, 0.1) is 5.92 Å². The Morgan fingerprint density at radius 1 is 1.26 bits per heavy atom. The highest BCUT2D eigenvalue weighted by Gasteiger charge is 2.20. The SMILES string of the molecule is COCc1ccccc1CNC(C)C1CCOCC1. The van der Waals surface area contributed by atoms with Gasteiger partial charge in [0.25, 0.3) is 0 Å². The third kappa shape index (κ3) is 4.30. The fourth-order valence-electron chi connectivity index (χ4n) is 2.68. The smallest absolute Gasteiger partial charge is 0.0716 e. The van der Waals surface area contributed by atoms with Gasteiger partial charge in [-0.2, -0.15) is 0 Å². The molecule has 0 radical (unpaired) electrons. The summed E-state index contributed by atoms with van der Waals surface area (Å²) in [5, 5.41) is 3.66. The zero-order chi connectivity index (χ0) is 13.5. The molecule has 3 nitrogen and oxygen atoms in total. The van der Waals surface area contributed by atoms with E-state index in [9.17, 15) is 0 Å². The lowest BCUT2D eigenvalue weighted by Gasteiger charge is -2.28. The third-order valence-corrected chi connectivity index (χ3v) is 4.01. The van der Waals surface area contributed by atoms with Gasteiger partial charge in [0.2, 0.25) is 0 Å². The Labute approximate surface area is 116 Å². The van der Waals surface area contributed by atoms with E-state index in [1.807, 2.05) is 0 Å². The molecule has 0 spiro atoms. The number of ether oxygens (including phenoxy) is 2. The normalized spacial score (nSPS) is 18.4. The topological polar surface area (TPSA) is 30.5 Å². The van der Waals surface area contributed by atoms with Crippen LogP contribution in [0.1, 0.15) is 30.9 Å². The van der Waals surface area contributed by atoms with Crippen LogP contribution in [0.15, 0.2) is 24.3 Å². The van der Waals surface area contributed by atoms with Crippen LogP contribution in [-0.2, 0) is 22.6 Å². The van der Waals surface area contributed by atoms with Crippen LogP contribution in [0.3, 0.4) is 0 Å². The Balaban J connectivity index is 1.87. The van der Waals surface area contributed by atoms with Crippen molar-refractivity contribution in [2.45, 2.75) is 39.0 Å². The van der Waals surface area contributed by atoms with Crippen LogP contribution in [-0.4, -0.2) is 26.4 Å². The predicted molar refractivity (Wildman–Crippen MR) is 77.0 cm³/mol. The standard InChI is InChI=1S/C16H25NO2/c1-13(14-7-9-19-10-8-14)17-11-15-5-3-4-6-16(15)12-18-2/h3-6,13-14,17H,7-12H2,1-2H3. The Morgan fingerprint density at radius 2 is 1.95 bits per heavy atom. The summed E-state index contributed by atoms with van der Waals surface area (Å²) in [4.78, 5) is 0. The molecule has 1 aromatic carbocycles. The first-order valence-electron chi connectivity index (χ1n) is 7.18. The number of hydrogen-bond acceptors (Lipinski definition) is 3. The van der Waals surface area contributed by atoms with E-state index in [0.29, 0.717) is 12.6 Å². The van der Waals surface area contributed by atoms with Crippen LogP contribution in [0.25, 0.3) is 0 Å². The van der Waals surface area contributed by atoms with Crippen LogP contribution in [0.2, 0.25) is 0 Å². The summed E-state index contributed by atoms with van der Waals surface area (Å²) in [6, 6.07) is 9.02. The Morgan fingerprint density at radius 3 is 2.63 bits per heavy atom. The molecule has 19 heavy (non-hydrogen) atoms. The van der Waals surface area contributed by atoms with Crippen molar-refractivity contribution in [3.05, 3.63) is 35.4 Å². The molecule has 1 fully saturated rings. The van der Waals surface area contributed by atoms with Gasteiger partial charge < -0.3 is 14.8 Å². The van der Waals surface area contributed by atoms with Crippen molar-refractivity contribution in [1.82, 2.24) is 5.32 Å². The van der Waals surface area contributed by atoms with Crippen LogP contribution in [0.4, 0.5) is 0 Å². The Bertz CT molecular complexity index is 375. The molecule has 1 aromatic rings. The maximum Gasteiger partial charge on any atom is 0.0716 e. The minimum Gasteiger partial charge on any atom is -0.381 e. The van der Waals surface area contributed by atoms with Crippen molar-refractivity contribution in [2.24, 2.45) is 5.92 Å². The van der Waals surface area contributed by atoms with E-state index in [1.54, 1.807) is 7.11 Å². The molecule has 1 heterocycles. The summed E-state index contributed by atoms with van der Waals surface area (Å²) < 4.78 is 10.7. The van der Waals surface area contributed by atoms with Gasteiger partial charge in [-0.15, -0.1) is 0 Å². The number of rotatable bonds is 6. The molecule has 3 heteroatoms. The monoisotopic (exact) mass is 263 g/mol. The van der Waals surface area contributed by atoms with Gasteiger partial charge >= 0.3 is 0 Å². The molecule has 1 aliphatic heterocycles. The molecule has 1 unspecified atom stereocenters. The lowest BCUT2D eigenvalue weighted by molar-refractivity contribution is 0.0557. The van der Waals surface area contributed by atoms with Crippen molar-refractivity contribution in [1.29, 1.82) is 0 Å².